The van der Waals surface area contributed by atoms with Crippen LogP contribution < -0.4 is 21.3 Å². The minimum absolute atomic E-state index is 0.0205. The van der Waals surface area contributed by atoms with Gasteiger partial charge in [-0.2, -0.15) is 0 Å². The molecular formula is C30H28BrCl4N10O4S2+. The van der Waals surface area contributed by atoms with Crippen LogP contribution in [-0.2, 0) is 9.59 Å². The molecule has 0 radical (unpaired) electrons. The van der Waals surface area contributed by atoms with Gasteiger partial charge in [0.05, 0.1) is 43.1 Å². The summed E-state index contributed by atoms with van der Waals surface area (Å²) in [6.45, 7) is 6.30. The number of hydrogen-bond donors (Lipinski definition) is 4. The van der Waals surface area contributed by atoms with Gasteiger partial charge in [-0.25, -0.2) is 39.3 Å². The van der Waals surface area contributed by atoms with Crippen LogP contribution in [-0.4, -0.2) is 90.1 Å². The largest absolute Gasteiger partial charge is 0.426 e. The van der Waals surface area contributed by atoms with E-state index in [4.69, 9.17) is 46.4 Å². The Morgan fingerprint density at radius 1 is 0.922 bits per heavy atom. The lowest BCUT2D eigenvalue weighted by atomic mass is 9.97. The molecule has 6 heterocycles. The van der Waals surface area contributed by atoms with Crippen LogP contribution in [0.5, 0.6) is 0 Å². The van der Waals surface area contributed by atoms with Crippen LogP contribution in [0.1, 0.15) is 27.7 Å². The standard InChI is InChI=1S/C30H27BrCl4N10O4S2/c1-29(2)23(46)42-27(48)44(29)12-19(40-26-36-6-5-16(39-26)17-9-14(32)21(34)50-17)45(28(49)43-24(47)30(45,3)4)8-7-37-25-38-11-13(31)20(41-25)18-10-15(33)22(35)51-18/h5-6,9-11,19H,7-8,12H2,1-4H3,(H3-,36,37,38,39,40,41,42,43,46,47,48,49)/p+1. The Morgan fingerprint density at radius 2 is 1.59 bits per heavy atom. The molecule has 2 fully saturated rings. The predicted molar refractivity (Wildman–Crippen MR) is 201 cm³/mol. The van der Waals surface area contributed by atoms with Gasteiger partial charge in [-0.15, -0.1) is 22.7 Å². The molecule has 0 saturated carbocycles. The Labute approximate surface area is 328 Å². The second-order valence-electron chi connectivity index (χ2n) is 12.5. The summed E-state index contributed by atoms with van der Waals surface area (Å²) in [6, 6.07) is 3.75. The van der Waals surface area contributed by atoms with Gasteiger partial charge in [0.15, 0.2) is 11.7 Å². The highest BCUT2D eigenvalue weighted by Gasteiger charge is 2.66. The molecule has 2 saturated heterocycles. The summed E-state index contributed by atoms with van der Waals surface area (Å²) in [4.78, 5) is 74.4. The second kappa shape index (κ2) is 14.0. The lowest BCUT2D eigenvalue weighted by molar-refractivity contribution is -0.900. The highest BCUT2D eigenvalue weighted by atomic mass is 79.9. The molecule has 51 heavy (non-hydrogen) atoms. The molecule has 2 atom stereocenters. The third-order valence-electron chi connectivity index (χ3n) is 8.94. The molecule has 14 nitrogen and oxygen atoms in total. The van der Waals surface area contributed by atoms with E-state index in [-0.39, 0.29) is 31.5 Å². The minimum atomic E-state index is -1.40. The number of carbonyl (C=O) groups is 4. The van der Waals surface area contributed by atoms with Gasteiger partial charge in [-0.1, -0.05) is 46.4 Å². The first-order chi connectivity index (χ1) is 23.9. The average molecular weight is 878 g/mol. The van der Waals surface area contributed by atoms with Crippen LogP contribution >= 0.6 is 85.0 Å². The van der Waals surface area contributed by atoms with Crippen LogP contribution in [0.3, 0.4) is 0 Å². The lowest BCUT2D eigenvalue weighted by Crippen LogP contribution is -2.73. The smallest absolute Gasteiger partial charge is 0.349 e. The van der Waals surface area contributed by atoms with Crippen molar-refractivity contribution in [2.24, 2.45) is 0 Å². The summed E-state index contributed by atoms with van der Waals surface area (Å²) in [7, 11) is 0. The molecule has 6 amide bonds. The quantitative estimate of drug-likeness (QED) is 0.0899. The second-order valence-corrected chi connectivity index (χ2v) is 17.5. The molecule has 0 bridgehead atoms. The number of hydrogen-bond acceptors (Lipinski definition) is 12. The first kappa shape index (κ1) is 37.6. The number of nitrogens with zero attached hydrogens (tertiary/aromatic N) is 6. The molecule has 0 aliphatic carbocycles. The molecule has 2 unspecified atom stereocenters. The van der Waals surface area contributed by atoms with Gasteiger partial charge in [0.2, 0.25) is 11.9 Å². The Balaban J connectivity index is 1.38. The Hall–Kier alpha value is -3.16. The van der Waals surface area contributed by atoms with Crippen LogP contribution in [0.2, 0.25) is 18.7 Å². The number of nitrogens with one attached hydrogen (secondary N) is 4. The molecule has 4 N–H and O–H groups in total. The number of aromatic nitrogens is 4. The van der Waals surface area contributed by atoms with Gasteiger partial charge in [-0.3, -0.25) is 14.9 Å². The average Bonchev–Trinajstić information content (AvgIpc) is 3.70. The summed E-state index contributed by atoms with van der Waals surface area (Å²) in [5.74, 6) is -0.729. The van der Waals surface area contributed by atoms with Gasteiger partial charge in [0.1, 0.15) is 26.5 Å². The van der Waals surface area contributed by atoms with Crippen molar-refractivity contribution in [3.8, 4) is 21.1 Å². The van der Waals surface area contributed by atoms with Crippen LogP contribution in [0.15, 0.2) is 35.1 Å². The highest BCUT2D eigenvalue weighted by molar-refractivity contribution is 9.10. The van der Waals surface area contributed by atoms with E-state index in [1.165, 1.54) is 33.8 Å². The molecule has 0 aromatic carbocycles. The van der Waals surface area contributed by atoms with Crippen molar-refractivity contribution >= 4 is 121 Å². The van der Waals surface area contributed by atoms with E-state index < -0.39 is 45.6 Å². The number of urea groups is 2. The van der Waals surface area contributed by atoms with Crippen molar-refractivity contribution in [3.05, 3.63) is 53.8 Å². The van der Waals surface area contributed by atoms with Gasteiger partial charge in [0, 0.05) is 26.2 Å². The molecule has 6 rings (SSSR count). The maximum absolute atomic E-state index is 14.2. The van der Waals surface area contributed by atoms with Crippen molar-refractivity contribution in [3.63, 3.8) is 0 Å². The van der Waals surface area contributed by atoms with Crippen molar-refractivity contribution in [1.82, 2.24) is 35.5 Å². The van der Waals surface area contributed by atoms with Gasteiger partial charge >= 0.3 is 12.1 Å². The van der Waals surface area contributed by atoms with Crippen LogP contribution in [0, 0.1) is 0 Å². The fraction of sp³-hybridized carbons (Fsp3) is 0.333. The Bertz CT molecular complexity index is 2060. The van der Waals surface area contributed by atoms with E-state index in [9.17, 15) is 19.2 Å². The maximum atomic E-state index is 14.2. The van der Waals surface area contributed by atoms with Gasteiger partial charge < -0.3 is 15.5 Å². The monoisotopic (exact) mass is 875 g/mol. The fourth-order valence-corrected chi connectivity index (χ4v) is 9.19. The topological polar surface area (TPSA) is 171 Å². The molecule has 4 aromatic rings. The number of quaternary nitrogens is 1. The zero-order valence-electron chi connectivity index (χ0n) is 27.1. The van der Waals surface area contributed by atoms with E-state index in [1.807, 2.05) is 0 Å². The Kier molecular flexibility index (Phi) is 10.3. The molecule has 0 spiro atoms. The Morgan fingerprint density at radius 3 is 2.16 bits per heavy atom. The van der Waals surface area contributed by atoms with Crippen molar-refractivity contribution in [2.75, 3.05) is 30.3 Å². The number of imide groups is 2. The lowest BCUT2D eigenvalue weighted by Gasteiger charge is -2.47. The number of rotatable bonds is 11. The zero-order valence-corrected chi connectivity index (χ0v) is 33.4. The van der Waals surface area contributed by atoms with Crippen molar-refractivity contribution in [2.45, 2.75) is 44.9 Å². The van der Waals surface area contributed by atoms with Gasteiger partial charge in [-0.05, 0) is 48.0 Å². The van der Waals surface area contributed by atoms with Crippen LogP contribution in [0.4, 0.5) is 21.5 Å². The zero-order chi connectivity index (χ0) is 37.0. The number of anilines is 2. The number of halogens is 5. The number of carbonyl (C=O) groups excluding carboxylic acids is 4. The van der Waals surface area contributed by atoms with E-state index in [0.717, 1.165) is 0 Å². The summed E-state index contributed by atoms with van der Waals surface area (Å²) < 4.78 is 0.839. The summed E-state index contributed by atoms with van der Waals surface area (Å²) in [6.07, 6.45) is 2.01. The predicted octanol–water partition coefficient (Wildman–Crippen LogP) is 7.13. The molecule has 2 aliphatic rings. The minimum Gasteiger partial charge on any atom is -0.349 e. The van der Waals surface area contributed by atoms with E-state index >= 15 is 0 Å². The third-order valence-corrected chi connectivity index (χ3v) is 13.3. The van der Waals surface area contributed by atoms with E-state index in [0.29, 0.717) is 44.3 Å². The summed E-state index contributed by atoms with van der Waals surface area (Å²) in [5.41, 5.74) is -1.65. The molecule has 2 aliphatic heterocycles. The van der Waals surface area contributed by atoms with Crippen molar-refractivity contribution < 1.29 is 23.7 Å². The normalized spacial score (nSPS) is 20.1. The molecular weight excluding hydrogens is 850 g/mol. The number of amides is 6. The van der Waals surface area contributed by atoms with Crippen molar-refractivity contribution in [1.29, 1.82) is 0 Å². The summed E-state index contributed by atoms with van der Waals surface area (Å²) >= 11 is 30.8. The third kappa shape index (κ3) is 6.78. The molecule has 4 aromatic heterocycles. The van der Waals surface area contributed by atoms with E-state index in [1.54, 1.807) is 52.1 Å². The van der Waals surface area contributed by atoms with Gasteiger partial charge in [0.25, 0.3) is 11.8 Å². The summed E-state index contributed by atoms with van der Waals surface area (Å²) in [5, 5.41) is 12.0. The highest BCUT2D eigenvalue weighted by Crippen LogP contribution is 2.41. The maximum Gasteiger partial charge on any atom is 0.426 e. The first-order valence-electron chi connectivity index (χ1n) is 15.1. The fourth-order valence-electron chi connectivity index (χ4n) is 5.95. The molecule has 21 heteroatoms. The number of thiophene rings is 2. The van der Waals surface area contributed by atoms with Crippen LogP contribution in [0.25, 0.3) is 21.1 Å². The first-order valence-corrected chi connectivity index (χ1v) is 19.0. The SMILES string of the molecule is CC1(C)C(=O)NC(=O)N1CC(Nc1nccc(-c2cc(Cl)c(Cl)s2)n1)[N+]1(CCNc2ncc(Br)c(-c3cc(Cl)c(Cl)s3)n2)C(=O)NC(=O)C1(C)C. The van der Waals surface area contributed by atoms with E-state index in [2.05, 4.69) is 57.1 Å². The molecule has 268 valence electrons.